The first kappa shape index (κ1) is 24.0. The Bertz CT molecular complexity index is 1540. The quantitative estimate of drug-likeness (QED) is 0.142. The van der Waals surface area contributed by atoms with Crippen LogP contribution in [0.2, 0.25) is 0 Å². The van der Waals surface area contributed by atoms with Crippen molar-refractivity contribution in [3.8, 4) is 17.1 Å². The number of hydrazone groups is 1. The highest BCUT2D eigenvalue weighted by molar-refractivity contribution is 9.10. The predicted octanol–water partition coefficient (Wildman–Crippen LogP) is 6.48. The van der Waals surface area contributed by atoms with Crippen LogP contribution in [-0.2, 0) is 4.79 Å². The lowest BCUT2D eigenvalue weighted by molar-refractivity contribution is -0.118. The summed E-state index contributed by atoms with van der Waals surface area (Å²) >= 11 is 4.80. The lowest BCUT2D eigenvalue weighted by Crippen LogP contribution is -2.21. The molecule has 8 heteroatoms. The molecule has 0 atom stereocenters. The number of benzene rings is 4. The zero-order valence-corrected chi connectivity index (χ0v) is 21.8. The van der Waals surface area contributed by atoms with Crippen LogP contribution in [0.4, 0.5) is 0 Å². The number of rotatable bonds is 7. The smallest absolute Gasteiger partial charge is 0.250 e. The van der Waals surface area contributed by atoms with E-state index in [1.165, 1.54) is 11.8 Å². The van der Waals surface area contributed by atoms with Gasteiger partial charge in [-0.05, 0) is 42.0 Å². The Balaban J connectivity index is 1.34. The van der Waals surface area contributed by atoms with Gasteiger partial charge in [-0.2, -0.15) is 5.10 Å². The fourth-order valence-corrected chi connectivity index (χ4v) is 4.88. The van der Waals surface area contributed by atoms with Gasteiger partial charge in [0.2, 0.25) is 0 Å². The number of carbonyl (C=O) groups is 1. The van der Waals surface area contributed by atoms with Crippen LogP contribution < -0.4 is 5.43 Å². The maximum atomic E-state index is 12.7. The molecule has 1 N–H and O–H groups in total. The maximum absolute atomic E-state index is 12.7. The van der Waals surface area contributed by atoms with Gasteiger partial charge in [0.1, 0.15) is 0 Å². The summed E-state index contributed by atoms with van der Waals surface area (Å²) in [6.45, 7) is 1.89. The molecule has 1 aromatic heterocycles. The van der Waals surface area contributed by atoms with Gasteiger partial charge < -0.3 is 0 Å². The van der Waals surface area contributed by atoms with Crippen LogP contribution >= 0.6 is 27.7 Å². The van der Waals surface area contributed by atoms with E-state index in [0.717, 1.165) is 37.8 Å². The number of thioether (sulfide) groups is 1. The minimum atomic E-state index is -0.216. The van der Waals surface area contributed by atoms with E-state index < -0.39 is 0 Å². The van der Waals surface area contributed by atoms with Gasteiger partial charge in [0.05, 0.1) is 11.5 Å². The molecule has 0 bridgehead atoms. The van der Waals surface area contributed by atoms with E-state index in [1.807, 2.05) is 90.4 Å². The van der Waals surface area contributed by atoms with Crippen molar-refractivity contribution in [2.45, 2.75) is 12.1 Å². The fourth-order valence-electron chi connectivity index (χ4n) is 3.87. The van der Waals surface area contributed by atoms with E-state index in [0.29, 0.717) is 11.0 Å². The minimum Gasteiger partial charge on any atom is -0.272 e. The first-order chi connectivity index (χ1) is 17.6. The zero-order valence-electron chi connectivity index (χ0n) is 19.4. The minimum absolute atomic E-state index is 0.149. The molecule has 5 aromatic rings. The average Bonchev–Trinajstić information content (AvgIpc) is 3.35. The van der Waals surface area contributed by atoms with Crippen molar-refractivity contribution in [3.05, 3.63) is 107 Å². The second-order valence-electron chi connectivity index (χ2n) is 8.03. The first-order valence-corrected chi connectivity index (χ1v) is 13.1. The van der Waals surface area contributed by atoms with Gasteiger partial charge in [-0.1, -0.05) is 100 Å². The number of halogens is 1. The third kappa shape index (κ3) is 5.24. The Morgan fingerprint density at radius 1 is 0.917 bits per heavy atom. The highest BCUT2D eigenvalue weighted by Gasteiger charge is 2.17. The topological polar surface area (TPSA) is 72.2 Å². The largest absolute Gasteiger partial charge is 0.272 e. The summed E-state index contributed by atoms with van der Waals surface area (Å²) in [5.74, 6) is 0.646. The molecule has 178 valence electrons. The third-order valence-corrected chi connectivity index (χ3v) is 7.07. The van der Waals surface area contributed by atoms with E-state index in [-0.39, 0.29) is 11.7 Å². The van der Waals surface area contributed by atoms with Gasteiger partial charge in [-0.25, -0.2) is 5.43 Å². The predicted molar refractivity (Wildman–Crippen MR) is 150 cm³/mol. The molecule has 0 unspecified atom stereocenters. The Hall–Kier alpha value is -3.75. The maximum Gasteiger partial charge on any atom is 0.250 e. The summed E-state index contributed by atoms with van der Waals surface area (Å²) in [4.78, 5) is 12.7. The molecule has 0 aliphatic rings. The number of aromatic nitrogens is 3. The molecule has 0 aliphatic carbocycles. The molecule has 4 aromatic carbocycles. The normalized spacial score (nSPS) is 11.6. The summed E-state index contributed by atoms with van der Waals surface area (Å²) in [7, 11) is 0. The van der Waals surface area contributed by atoms with Crippen molar-refractivity contribution in [3.63, 3.8) is 0 Å². The molecular weight excluding hydrogens is 534 g/mol. The van der Waals surface area contributed by atoms with Gasteiger partial charge in [0, 0.05) is 21.3 Å². The van der Waals surface area contributed by atoms with Crippen molar-refractivity contribution in [2.24, 2.45) is 5.10 Å². The van der Waals surface area contributed by atoms with Crippen LogP contribution in [0.3, 0.4) is 0 Å². The van der Waals surface area contributed by atoms with Crippen molar-refractivity contribution in [2.75, 3.05) is 5.75 Å². The Labute approximate surface area is 221 Å². The molecule has 0 fully saturated rings. The number of nitrogens with one attached hydrogen (secondary N) is 1. The average molecular weight is 556 g/mol. The first-order valence-electron chi connectivity index (χ1n) is 11.3. The number of carbonyl (C=O) groups excluding carboxylic acids is 1. The van der Waals surface area contributed by atoms with Crippen LogP contribution in [-0.4, -0.2) is 32.1 Å². The molecule has 36 heavy (non-hydrogen) atoms. The number of hydrogen-bond acceptors (Lipinski definition) is 5. The van der Waals surface area contributed by atoms with E-state index in [9.17, 15) is 4.79 Å². The molecule has 0 radical (unpaired) electrons. The van der Waals surface area contributed by atoms with Crippen molar-refractivity contribution < 1.29 is 4.79 Å². The van der Waals surface area contributed by atoms with Crippen molar-refractivity contribution in [1.82, 2.24) is 20.2 Å². The molecular formula is C28H22BrN5OS. The number of amides is 1. The van der Waals surface area contributed by atoms with Crippen LogP contribution in [0.25, 0.3) is 27.8 Å². The van der Waals surface area contributed by atoms with Gasteiger partial charge in [0.15, 0.2) is 11.0 Å². The molecule has 0 saturated carbocycles. The van der Waals surface area contributed by atoms with Gasteiger partial charge in [0.25, 0.3) is 5.91 Å². The van der Waals surface area contributed by atoms with Gasteiger partial charge in [-0.3, -0.25) is 9.36 Å². The van der Waals surface area contributed by atoms with Gasteiger partial charge >= 0.3 is 0 Å². The lowest BCUT2D eigenvalue weighted by atomic mass is 10.0. The van der Waals surface area contributed by atoms with Crippen LogP contribution in [0, 0.1) is 0 Å². The molecule has 1 amide bonds. The van der Waals surface area contributed by atoms with E-state index >= 15 is 0 Å². The molecule has 5 rings (SSSR count). The van der Waals surface area contributed by atoms with Crippen LogP contribution in [0.15, 0.2) is 112 Å². The van der Waals surface area contributed by atoms with E-state index in [2.05, 4.69) is 54.9 Å². The monoisotopic (exact) mass is 555 g/mol. The standard InChI is InChI=1S/C28H22BrN5OS/c1-19(24-13-7-11-20-8-5-6-12-25(20)24)30-31-26(35)18-36-28-33-32-27(21-9-3-2-4-10-21)34(28)23-16-14-22(29)15-17-23/h2-17H,18H2,1H3,(H,31,35)/b30-19+. The Morgan fingerprint density at radius 3 is 2.44 bits per heavy atom. The summed E-state index contributed by atoms with van der Waals surface area (Å²) < 4.78 is 2.94. The number of hydrogen-bond donors (Lipinski definition) is 1. The number of nitrogens with zero attached hydrogens (tertiary/aromatic N) is 4. The van der Waals surface area contributed by atoms with E-state index in [1.54, 1.807) is 0 Å². The highest BCUT2D eigenvalue weighted by Crippen LogP contribution is 2.28. The summed E-state index contributed by atoms with van der Waals surface area (Å²) in [6.07, 6.45) is 0. The van der Waals surface area contributed by atoms with Crippen LogP contribution in [0.5, 0.6) is 0 Å². The second kappa shape index (κ2) is 10.9. The summed E-state index contributed by atoms with van der Waals surface area (Å²) in [6, 6.07) is 32.0. The lowest BCUT2D eigenvalue weighted by Gasteiger charge is -2.10. The third-order valence-electron chi connectivity index (χ3n) is 5.61. The van der Waals surface area contributed by atoms with Gasteiger partial charge in [-0.15, -0.1) is 10.2 Å². The number of fused-ring (bicyclic) bond motifs is 1. The van der Waals surface area contributed by atoms with Crippen molar-refractivity contribution in [1.29, 1.82) is 0 Å². The molecule has 1 heterocycles. The summed E-state index contributed by atoms with van der Waals surface area (Å²) in [5, 5.41) is 16.0. The molecule has 0 saturated heterocycles. The second-order valence-corrected chi connectivity index (χ2v) is 9.89. The fraction of sp³-hybridized carbons (Fsp3) is 0.0714. The highest BCUT2D eigenvalue weighted by atomic mass is 79.9. The molecule has 0 spiro atoms. The summed E-state index contributed by atoms with van der Waals surface area (Å²) in [5.41, 5.74) is 6.28. The molecule has 6 nitrogen and oxygen atoms in total. The van der Waals surface area contributed by atoms with E-state index in [4.69, 9.17) is 0 Å². The SMILES string of the molecule is C/C(=N\NC(=O)CSc1nnc(-c2ccccc2)n1-c1ccc(Br)cc1)c1cccc2ccccc12. The Kier molecular flexibility index (Phi) is 7.25. The van der Waals surface area contributed by atoms with Crippen molar-refractivity contribution >= 4 is 50.1 Å². The van der Waals surface area contributed by atoms with Crippen LogP contribution in [0.1, 0.15) is 12.5 Å². The Morgan fingerprint density at radius 2 is 1.64 bits per heavy atom. The molecule has 0 aliphatic heterocycles. The zero-order chi connectivity index (χ0) is 24.9.